The number of carboxylic acid groups (broad SMARTS) is 1. The zero-order valence-electron chi connectivity index (χ0n) is 17.4. The number of hydrogen-bond donors (Lipinski definition) is 1. The zero-order valence-corrected chi connectivity index (χ0v) is 17.4. The minimum Gasteiger partial charge on any atom is -0.493 e. The summed E-state index contributed by atoms with van der Waals surface area (Å²) in [6.07, 6.45) is 6.24. The van der Waals surface area contributed by atoms with Crippen molar-refractivity contribution in [2.24, 2.45) is 0 Å². The van der Waals surface area contributed by atoms with Crippen LogP contribution in [0.2, 0.25) is 0 Å². The molecule has 0 radical (unpaired) electrons. The van der Waals surface area contributed by atoms with Crippen LogP contribution in [0.25, 0.3) is 0 Å². The first kappa shape index (κ1) is 20.7. The van der Waals surface area contributed by atoms with E-state index in [4.69, 9.17) is 9.47 Å². The fourth-order valence-corrected chi connectivity index (χ4v) is 3.83. The number of rotatable bonds is 8. The number of aromatic carboxylic acids is 1. The summed E-state index contributed by atoms with van der Waals surface area (Å²) in [6.45, 7) is 0.423. The first-order valence-corrected chi connectivity index (χ1v) is 10.4. The Morgan fingerprint density at radius 2 is 1.87 bits per heavy atom. The Hall–Kier alpha value is -3.61. The van der Waals surface area contributed by atoms with Crippen molar-refractivity contribution in [1.29, 1.82) is 0 Å². The summed E-state index contributed by atoms with van der Waals surface area (Å²) in [5.41, 5.74) is 2.57. The van der Waals surface area contributed by atoms with Crippen molar-refractivity contribution in [3.63, 3.8) is 0 Å². The summed E-state index contributed by atoms with van der Waals surface area (Å²) < 4.78 is 11.8. The maximum Gasteiger partial charge on any atom is 0.335 e. The molecule has 31 heavy (non-hydrogen) atoms. The third kappa shape index (κ3) is 4.94. The van der Waals surface area contributed by atoms with Crippen LogP contribution in [0.1, 0.15) is 41.7 Å². The quantitative estimate of drug-likeness (QED) is 0.559. The molecule has 0 amide bonds. The second kappa shape index (κ2) is 9.47. The molecule has 3 aromatic rings. The number of methoxy groups -OCH3 is 1. The van der Waals surface area contributed by atoms with E-state index in [0.717, 1.165) is 29.9 Å². The molecule has 1 aromatic heterocycles. The van der Waals surface area contributed by atoms with Crippen molar-refractivity contribution in [3.8, 4) is 11.5 Å². The van der Waals surface area contributed by atoms with Crippen LogP contribution in [0.3, 0.4) is 0 Å². The van der Waals surface area contributed by atoms with Gasteiger partial charge in [0.15, 0.2) is 11.5 Å². The van der Waals surface area contributed by atoms with Crippen LogP contribution in [0, 0.1) is 0 Å². The van der Waals surface area contributed by atoms with Gasteiger partial charge in [0.25, 0.3) is 0 Å². The van der Waals surface area contributed by atoms with Crippen LogP contribution < -0.4 is 14.4 Å². The molecule has 0 saturated heterocycles. The van der Waals surface area contributed by atoms with Gasteiger partial charge in [-0.2, -0.15) is 10.2 Å². The second-order valence-corrected chi connectivity index (χ2v) is 7.52. The lowest BCUT2D eigenvalue weighted by atomic mass is 10.1. The van der Waals surface area contributed by atoms with Crippen molar-refractivity contribution >= 4 is 17.3 Å². The summed E-state index contributed by atoms with van der Waals surface area (Å²) in [6, 6.07) is 16.3. The highest BCUT2D eigenvalue weighted by Crippen LogP contribution is 2.37. The lowest BCUT2D eigenvalue weighted by Crippen LogP contribution is -2.19. The van der Waals surface area contributed by atoms with E-state index in [1.54, 1.807) is 31.5 Å². The third-order valence-corrected chi connectivity index (χ3v) is 5.41. The molecule has 0 bridgehead atoms. The van der Waals surface area contributed by atoms with Gasteiger partial charge in [-0.25, -0.2) is 4.79 Å². The zero-order chi connectivity index (χ0) is 21.6. The van der Waals surface area contributed by atoms with Crippen molar-refractivity contribution in [3.05, 3.63) is 72.1 Å². The Bertz CT molecular complexity index is 1040. The molecule has 0 unspecified atom stereocenters. The minimum absolute atomic E-state index is 0.188. The molecule has 1 saturated carbocycles. The Kier molecular flexibility index (Phi) is 6.31. The molecule has 0 aliphatic heterocycles. The minimum atomic E-state index is -0.971. The Morgan fingerprint density at radius 3 is 2.58 bits per heavy atom. The maximum atomic E-state index is 11.5. The molecule has 1 aliphatic carbocycles. The normalized spacial score (nSPS) is 13.7. The number of benzene rings is 2. The number of nitrogens with zero attached hydrogens (tertiary/aromatic N) is 3. The van der Waals surface area contributed by atoms with E-state index in [-0.39, 0.29) is 11.7 Å². The average molecular weight is 419 g/mol. The molecule has 7 nitrogen and oxygen atoms in total. The van der Waals surface area contributed by atoms with Gasteiger partial charge in [0.05, 0.1) is 31.0 Å². The molecule has 0 spiro atoms. The first-order valence-electron chi connectivity index (χ1n) is 10.4. The van der Waals surface area contributed by atoms with Gasteiger partial charge in [0, 0.05) is 23.6 Å². The SMILES string of the molecule is COc1ccc(N(Cc2cccnn2)c2cccc(C(=O)O)c2)cc1OC1CCCC1. The van der Waals surface area contributed by atoms with Gasteiger partial charge in [0.2, 0.25) is 0 Å². The van der Waals surface area contributed by atoms with Crippen LogP contribution in [-0.4, -0.2) is 34.5 Å². The van der Waals surface area contributed by atoms with E-state index in [1.165, 1.54) is 12.8 Å². The standard InChI is InChI=1S/C24H25N3O4/c1-30-22-12-11-20(15-23(22)31-21-9-2-3-10-21)27(16-18-7-5-13-25-26-18)19-8-4-6-17(14-19)24(28)29/h4-8,11-15,21H,2-3,9-10,16H2,1H3,(H,28,29). The number of carbonyl (C=O) groups is 1. The van der Waals surface area contributed by atoms with Crippen molar-refractivity contribution in [2.75, 3.05) is 12.0 Å². The fraction of sp³-hybridized carbons (Fsp3) is 0.292. The van der Waals surface area contributed by atoms with E-state index in [9.17, 15) is 9.90 Å². The highest BCUT2D eigenvalue weighted by atomic mass is 16.5. The molecular formula is C24H25N3O4. The summed E-state index contributed by atoms with van der Waals surface area (Å²) in [4.78, 5) is 13.5. The monoisotopic (exact) mass is 419 g/mol. The second-order valence-electron chi connectivity index (χ2n) is 7.52. The Labute approximate surface area is 181 Å². The van der Waals surface area contributed by atoms with E-state index >= 15 is 0 Å². The lowest BCUT2D eigenvalue weighted by Gasteiger charge is -2.26. The number of carboxylic acids is 1. The van der Waals surface area contributed by atoms with Crippen molar-refractivity contribution in [2.45, 2.75) is 38.3 Å². The fourth-order valence-electron chi connectivity index (χ4n) is 3.83. The summed E-state index contributed by atoms with van der Waals surface area (Å²) >= 11 is 0. The Balaban J connectivity index is 1.73. The van der Waals surface area contributed by atoms with Gasteiger partial charge in [-0.15, -0.1) is 0 Å². The van der Waals surface area contributed by atoms with Crippen molar-refractivity contribution < 1.29 is 19.4 Å². The molecule has 1 aliphatic rings. The molecular weight excluding hydrogens is 394 g/mol. The number of ether oxygens (including phenoxy) is 2. The van der Waals surface area contributed by atoms with Gasteiger partial charge in [-0.1, -0.05) is 6.07 Å². The summed E-state index contributed by atoms with van der Waals surface area (Å²) in [5, 5.41) is 17.6. The van der Waals surface area contributed by atoms with Gasteiger partial charge >= 0.3 is 5.97 Å². The predicted octanol–water partition coefficient (Wildman–Crippen LogP) is 4.84. The van der Waals surface area contributed by atoms with Gasteiger partial charge in [-0.3, -0.25) is 0 Å². The van der Waals surface area contributed by atoms with E-state index in [1.807, 2.05) is 41.3 Å². The van der Waals surface area contributed by atoms with Gasteiger partial charge in [-0.05, 0) is 68.1 Å². The molecule has 2 aromatic carbocycles. The topological polar surface area (TPSA) is 84.8 Å². The summed E-state index contributed by atoms with van der Waals surface area (Å²) in [7, 11) is 1.63. The van der Waals surface area contributed by atoms with E-state index in [2.05, 4.69) is 10.2 Å². The predicted molar refractivity (Wildman–Crippen MR) is 117 cm³/mol. The van der Waals surface area contributed by atoms with Crippen LogP contribution in [0.5, 0.6) is 11.5 Å². The molecule has 1 N–H and O–H groups in total. The molecule has 0 atom stereocenters. The lowest BCUT2D eigenvalue weighted by molar-refractivity contribution is 0.0697. The molecule has 1 heterocycles. The molecule has 1 fully saturated rings. The Morgan fingerprint density at radius 1 is 1.06 bits per heavy atom. The highest BCUT2D eigenvalue weighted by molar-refractivity contribution is 5.89. The van der Waals surface area contributed by atoms with Crippen molar-refractivity contribution in [1.82, 2.24) is 10.2 Å². The largest absolute Gasteiger partial charge is 0.493 e. The van der Waals surface area contributed by atoms with Gasteiger partial charge < -0.3 is 19.5 Å². The van der Waals surface area contributed by atoms with Crippen LogP contribution in [-0.2, 0) is 6.54 Å². The van der Waals surface area contributed by atoms with E-state index < -0.39 is 5.97 Å². The smallest absolute Gasteiger partial charge is 0.335 e. The average Bonchev–Trinajstić information content (AvgIpc) is 3.31. The highest BCUT2D eigenvalue weighted by Gasteiger charge is 2.20. The summed E-state index contributed by atoms with van der Waals surface area (Å²) in [5.74, 6) is 0.390. The third-order valence-electron chi connectivity index (χ3n) is 5.41. The van der Waals surface area contributed by atoms with Gasteiger partial charge in [0.1, 0.15) is 0 Å². The van der Waals surface area contributed by atoms with Crippen LogP contribution >= 0.6 is 0 Å². The van der Waals surface area contributed by atoms with Crippen LogP contribution in [0.15, 0.2) is 60.8 Å². The number of anilines is 2. The number of aromatic nitrogens is 2. The number of hydrogen-bond acceptors (Lipinski definition) is 6. The molecule has 7 heteroatoms. The van der Waals surface area contributed by atoms with E-state index in [0.29, 0.717) is 18.0 Å². The maximum absolute atomic E-state index is 11.5. The van der Waals surface area contributed by atoms with Crippen LogP contribution in [0.4, 0.5) is 11.4 Å². The first-order chi connectivity index (χ1) is 15.1. The molecule has 4 rings (SSSR count). The molecule has 160 valence electrons.